The summed E-state index contributed by atoms with van der Waals surface area (Å²) < 4.78 is 10.9. The standard InChI is InChI=1S/C18H22ClNO2/c1-13-10-17(11-14(2)18(13)19)22-9-8-20-12-15-4-6-16(21-3)7-5-15/h4-7,10-11,20H,8-9,12H2,1-3H3. The van der Waals surface area contributed by atoms with Crippen LogP contribution in [0.2, 0.25) is 5.02 Å². The first-order valence-electron chi connectivity index (χ1n) is 7.33. The molecule has 0 bridgehead atoms. The van der Waals surface area contributed by atoms with E-state index in [9.17, 15) is 0 Å². The molecule has 118 valence electrons. The van der Waals surface area contributed by atoms with Gasteiger partial charge in [0.05, 0.1) is 7.11 Å². The first-order chi connectivity index (χ1) is 10.6. The third-order valence-corrected chi connectivity index (χ3v) is 4.04. The molecule has 0 radical (unpaired) electrons. The van der Waals surface area contributed by atoms with Crippen molar-refractivity contribution < 1.29 is 9.47 Å². The van der Waals surface area contributed by atoms with Crippen LogP contribution in [0.5, 0.6) is 11.5 Å². The highest BCUT2D eigenvalue weighted by atomic mass is 35.5. The van der Waals surface area contributed by atoms with Crippen molar-refractivity contribution in [3.63, 3.8) is 0 Å². The molecule has 0 aliphatic carbocycles. The molecule has 0 atom stereocenters. The normalized spacial score (nSPS) is 10.5. The Labute approximate surface area is 137 Å². The summed E-state index contributed by atoms with van der Waals surface area (Å²) in [5.41, 5.74) is 3.31. The van der Waals surface area contributed by atoms with Crippen molar-refractivity contribution in [1.82, 2.24) is 5.32 Å². The predicted molar refractivity (Wildman–Crippen MR) is 91.1 cm³/mol. The van der Waals surface area contributed by atoms with E-state index < -0.39 is 0 Å². The molecular formula is C18H22ClNO2. The molecule has 0 spiro atoms. The average molecular weight is 320 g/mol. The number of hydrogen-bond acceptors (Lipinski definition) is 3. The SMILES string of the molecule is COc1ccc(CNCCOc2cc(C)c(Cl)c(C)c2)cc1. The zero-order chi connectivity index (χ0) is 15.9. The van der Waals surface area contributed by atoms with Crippen LogP contribution in [0, 0.1) is 13.8 Å². The van der Waals surface area contributed by atoms with Gasteiger partial charge in [-0.05, 0) is 54.8 Å². The monoisotopic (exact) mass is 319 g/mol. The summed E-state index contributed by atoms with van der Waals surface area (Å²) >= 11 is 6.15. The molecule has 0 aliphatic heterocycles. The van der Waals surface area contributed by atoms with Crippen molar-refractivity contribution in [2.24, 2.45) is 0 Å². The Morgan fingerprint density at radius 3 is 2.23 bits per heavy atom. The molecule has 0 saturated carbocycles. The number of nitrogens with one attached hydrogen (secondary N) is 1. The summed E-state index contributed by atoms with van der Waals surface area (Å²) in [5.74, 6) is 1.74. The number of aryl methyl sites for hydroxylation is 2. The number of hydrogen-bond donors (Lipinski definition) is 1. The van der Waals surface area contributed by atoms with E-state index >= 15 is 0 Å². The highest BCUT2D eigenvalue weighted by Crippen LogP contribution is 2.25. The van der Waals surface area contributed by atoms with E-state index in [0.717, 1.165) is 40.7 Å². The molecular weight excluding hydrogens is 298 g/mol. The van der Waals surface area contributed by atoms with E-state index in [1.165, 1.54) is 5.56 Å². The summed E-state index contributed by atoms with van der Waals surface area (Å²) in [4.78, 5) is 0. The number of methoxy groups -OCH3 is 1. The van der Waals surface area contributed by atoms with Gasteiger partial charge in [0.1, 0.15) is 18.1 Å². The smallest absolute Gasteiger partial charge is 0.119 e. The van der Waals surface area contributed by atoms with Crippen LogP contribution in [-0.4, -0.2) is 20.3 Å². The fourth-order valence-corrected chi connectivity index (χ4v) is 2.32. The summed E-state index contributed by atoms with van der Waals surface area (Å²) in [6, 6.07) is 12.0. The molecule has 0 aliphatic rings. The predicted octanol–water partition coefficient (Wildman–Crippen LogP) is 4.13. The minimum atomic E-state index is 0.622. The van der Waals surface area contributed by atoms with E-state index in [0.29, 0.717) is 6.61 Å². The van der Waals surface area contributed by atoms with Crippen LogP contribution in [0.1, 0.15) is 16.7 Å². The maximum Gasteiger partial charge on any atom is 0.119 e. The molecule has 2 aromatic carbocycles. The van der Waals surface area contributed by atoms with Crippen molar-refractivity contribution in [2.75, 3.05) is 20.3 Å². The minimum Gasteiger partial charge on any atom is -0.497 e. The number of ether oxygens (including phenoxy) is 2. The van der Waals surface area contributed by atoms with Crippen molar-refractivity contribution in [3.8, 4) is 11.5 Å². The fourth-order valence-electron chi connectivity index (χ4n) is 2.21. The van der Waals surface area contributed by atoms with E-state index in [-0.39, 0.29) is 0 Å². The van der Waals surface area contributed by atoms with Gasteiger partial charge in [-0.1, -0.05) is 23.7 Å². The Hall–Kier alpha value is -1.71. The molecule has 22 heavy (non-hydrogen) atoms. The summed E-state index contributed by atoms with van der Waals surface area (Å²) in [7, 11) is 1.67. The van der Waals surface area contributed by atoms with Gasteiger partial charge in [-0.3, -0.25) is 0 Å². The van der Waals surface area contributed by atoms with Gasteiger partial charge in [-0.2, -0.15) is 0 Å². The summed E-state index contributed by atoms with van der Waals surface area (Å²) in [6.45, 7) is 6.20. The molecule has 2 rings (SSSR count). The summed E-state index contributed by atoms with van der Waals surface area (Å²) in [6.07, 6.45) is 0. The van der Waals surface area contributed by atoms with Gasteiger partial charge in [0, 0.05) is 18.1 Å². The van der Waals surface area contributed by atoms with Gasteiger partial charge < -0.3 is 14.8 Å². The minimum absolute atomic E-state index is 0.622. The first-order valence-corrected chi connectivity index (χ1v) is 7.71. The van der Waals surface area contributed by atoms with Crippen molar-refractivity contribution in [2.45, 2.75) is 20.4 Å². The van der Waals surface area contributed by atoms with Crippen LogP contribution in [0.3, 0.4) is 0 Å². The van der Waals surface area contributed by atoms with Gasteiger partial charge in [0.15, 0.2) is 0 Å². The van der Waals surface area contributed by atoms with Crippen LogP contribution < -0.4 is 14.8 Å². The maximum absolute atomic E-state index is 6.15. The lowest BCUT2D eigenvalue weighted by Gasteiger charge is -2.11. The Morgan fingerprint density at radius 1 is 1.00 bits per heavy atom. The zero-order valence-electron chi connectivity index (χ0n) is 13.3. The number of rotatable bonds is 7. The van der Waals surface area contributed by atoms with Crippen LogP contribution in [0.15, 0.2) is 36.4 Å². The molecule has 0 heterocycles. The third-order valence-electron chi connectivity index (χ3n) is 3.45. The molecule has 0 saturated heterocycles. The molecule has 4 heteroatoms. The Morgan fingerprint density at radius 2 is 1.64 bits per heavy atom. The zero-order valence-corrected chi connectivity index (χ0v) is 14.0. The second-order valence-electron chi connectivity index (χ2n) is 5.24. The highest BCUT2D eigenvalue weighted by molar-refractivity contribution is 6.32. The van der Waals surface area contributed by atoms with Crippen LogP contribution in [-0.2, 0) is 6.54 Å². The molecule has 0 unspecified atom stereocenters. The second kappa shape index (κ2) is 8.06. The Bertz CT molecular complexity index is 588. The summed E-state index contributed by atoms with van der Waals surface area (Å²) in [5, 5.41) is 4.17. The molecule has 0 amide bonds. The average Bonchev–Trinajstić information content (AvgIpc) is 2.52. The molecule has 3 nitrogen and oxygen atoms in total. The van der Waals surface area contributed by atoms with Gasteiger partial charge in [-0.25, -0.2) is 0 Å². The number of halogens is 1. The molecule has 0 aromatic heterocycles. The Kier molecular flexibility index (Phi) is 6.10. The van der Waals surface area contributed by atoms with Crippen LogP contribution in [0.4, 0.5) is 0 Å². The lowest BCUT2D eigenvalue weighted by atomic mass is 10.1. The van der Waals surface area contributed by atoms with E-state index in [1.54, 1.807) is 7.11 Å². The lowest BCUT2D eigenvalue weighted by molar-refractivity contribution is 0.313. The second-order valence-corrected chi connectivity index (χ2v) is 5.62. The topological polar surface area (TPSA) is 30.5 Å². The lowest BCUT2D eigenvalue weighted by Crippen LogP contribution is -2.20. The van der Waals surface area contributed by atoms with Crippen molar-refractivity contribution in [1.29, 1.82) is 0 Å². The number of benzene rings is 2. The van der Waals surface area contributed by atoms with Crippen molar-refractivity contribution >= 4 is 11.6 Å². The Balaban J connectivity index is 1.73. The molecule has 2 aromatic rings. The van der Waals surface area contributed by atoms with E-state index in [4.69, 9.17) is 21.1 Å². The van der Waals surface area contributed by atoms with Gasteiger partial charge in [-0.15, -0.1) is 0 Å². The van der Waals surface area contributed by atoms with Crippen molar-refractivity contribution in [3.05, 3.63) is 58.1 Å². The quantitative estimate of drug-likeness (QED) is 0.778. The molecule has 0 fully saturated rings. The first kappa shape index (κ1) is 16.7. The third kappa shape index (κ3) is 4.65. The largest absolute Gasteiger partial charge is 0.497 e. The van der Waals surface area contributed by atoms with E-state index in [2.05, 4.69) is 17.4 Å². The van der Waals surface area contributed by atoms with Gasteiger partial charge >= 0.3 is 0 Å². The fraction of sp³-hybridized carbons (Fsp3) is 0.333. The van der Waals surface area contributed by atoms with Crippen LogP contribution in [0.25, 0.3) is 0 Å². The van der Waals surface area contributed by atoms with E-state index in [1.807, 2.05) is 38.1 Å². The highest BCUT2D eigenvalue weighted by Gasteiger charge is 2.03. The maximum atomic E-state index is 6.15. The van der Waals surface area contributed by atoms with Crippen LogP contribution >= 0.6 is 11.6 Å². The van der Waals surface area contributed by atoms with Gasteiger partial charge in [0.25, 0.3) is 0 Å². The molecule has 1 N–H and O–H groups in total. The van der Waals surface area contributed by atoms with Gasteiger partial charge in [0.2, 0.25) is 0 Å².